The number of carbonyl (C=O) groups is 1. The summed E-state index contributed by atoms with van der Waals surface area (Å²) in [5.74, 6) is -0.206. The van der Waals surface area contributed by atoms with E-state index in [0.717, 1.165) is 77.0 Å². The highest BCUT2D eigenvalue weighted by Gasteiger charge is 2.23. The van der Waals surface area contributed by atoms with Gasteiger partial charge < -0.3 is 28.8 Å². The van der Waals surface area contributed by atoms with E-state index in [2.05, 4.69) is 104 Å². The van der Waals surface area contributed by atoms with Crippen molar-refractivity contribution in [3.63, 3.8) is 0 Å². The van der Waals surface area contributed by atoms with Crippen LogP contribution in [0.3, 0.4) is 0 Å². The molecule has 1 amide bonds. The molecule has 0 aliphatic heterocycles. The van der Waals surface area contributed by atoms with Crippen molar-refractivity contribution in [1.82, 2.24) is 5.32 Å². The van der Waals surface area contributed by atoms with Crippen LogP contribution >= 0.6 is 7.82 Å². The molecule has 0 aromatic heterocycles. The molecule has 0 aliphatic rings. The summed E-state index contributed by atoms with van der Waals surface area (Å²) in [5, 5.41) is 14.0. The molecule has 0 radical (unpaired) electrons. The summed E-state index contributed by atoms with van der Waals surface area (Å²) in [7, 11) is 1.24. The minimum atomic E-state index is -4.62. The number of phosphoric ester groups is 1. The average molecular weight is 1280 g/mol. The lowest BCUT2D eigenvalue weighted by molar-refractivity contribution is -0.870. The number of likely N-dealkylation sites (N-methyl/N-ethyl adjacent to an activating group) is 1. The Hall–Kier alpha value is -2.58. The topological polar surface area (TPSA) is 108 Å². The first-order chi connectivity index (χ1) is 44.0. The molecule has 3 atom stereocenters. The van der Waals surface area contributed by atoms with Crippen LogP contribution in [0, 0.1) is 0 Å². The van der Waals surface area contributed by atoms with Gasteiger partial charge in [-0.3, -0.25) is 9.36 Å². The Labute approximate surface area is 559 Å². The number of carbonyl (C=O) groups excluding carboxylic acids is 1. The summed E-state index contributed by atoms with van der Waals surface area (Å²) in [6, 6.07) is -0.914. The van der Waals surface area contributed by atoms with Gasteiger partial charge in [-0.15, -0.1) is 0 Å². The highest BCUT2D eigenvalue weighted by molar-refractivity contribution is 7.45. The summed E-state index contributed by atoms with van der Waals surface area (Å²) in [4.78, 5) is 25.7. The number of nitrogens with one attached hydrogen (secondary N) is 1. The summed E-state index contributed by atoms with van der Waals surface area (Å²) >= 11 is 0. The SMILES string of the molecule is CC/C=C\C/C=C\C/C=C\C/C=C\C/C=C\CCCCCCCCCCCCCCCCCCCCCCCCCCCC(=O)NC(COP(=O)([O-])OCC[N+](C)(C)C)C(O)/C=C/CC/C=C/CC/C=C/CCCCCCCCCCCCCCCCCCC. The third-order valence-electron chi connectivity index (χ3n) is 17.3. The fourth-order valence-corrected chi connectivity index (χ4v) is 12.1. The molecule has 9 heteroatoms. The maximum Gasteiger partial charge on any atom is 0.268 e. The fraction of sp³-hybridized carbons (Fsp3) is 0.790. The highest BCUT2D eigenvalue weighted by atomic mass is 31.2. The predicted octanol–water partition coefficient (Wildman–Crippen LogP) is 24.6. The van der Waals surface area contributed by atoms with Crippen LogP contribution in [0.2, 0.25) is 0 Å². The van der Waals surface area contributed by atoms with Crippen LogP contribution in [0.1, 0.15) is 361 Å². The first-order valence-corrected chi connectivity index (χ1v) is 40.1. The summed E-state index contributed by atoms with van der Waals surface area (Å²) < 4.78 is 23.5. The normalized spacial score (nSPS) is 14.1. The number of hydrogen-bond acceptors (Lipinski definition) is 6. The molecule has 524 valence electrons. The maximum atomic E-state index is 13.1. The predicted molar refractivity (Wildman–Crippen MR) is 394 cm³/mol. The number of unbranched alkanes of at least 4 members (excludes halogenated alkanes) is 44. The largest absolute Gasteiger partial charge is 0.756 e. The van der Waals surface area contributed by atoms with Crippen LogP contribution in [-0.4, -0.2) is 68.5 Å². The Morgan fingerprint density at radius 2 is 0.689 bits per heavy atom. The van der Waals surface area contributed by atoms with E-state index >= 15 is 0 Å². The van der Waals surface area contributed by atoms with Crippen LogP contribution in [0.15, 0.2) is 97.2 Å². The molecule has 8 nitrogen and oxygen atoms in total. The monoisotopic (exact) mass is 1280 g/mol. The van der Waals surface area contributed by atoms with Crippen molar-refractivity contribution in [1.29, 1.82) is 0 Å². The lowest BCUT2D eigenvalue weighted by atomic mass is 10.0. The molecule has 3 unspecified atom stereocenters. The van der Waals surface area contributed by atoms with Gasteiger partial charge in [-0.2, -0.15) is 0 Å². The number of rotatable bonds is 71. The average Bonchev–Trinajstić information content (AvgIpc) is 3.09. The first kappa shape index (κ1) is 87.4. The zero-order valence-corrected chi connectivity index (χ0v) is 61.0. The molecule has 0 bridgehead atoms. The number of hydrogen-bond donors (Lipinski definition) is 2. The number of allylic oxidation sites excluding steroid dienone is 15. The van der Waals surface area contributed by atoms with E-state index in [4.69, 9.17) is 9.05 Å². The smallest absolute Gasteiger partial charge is 0.268 e. The molecular weight excluding hydrogens is 1130 g/mol. The second kappa shape index (κ2) is 70.7. The maximum absolute atomic E-state index is 13.1. The van der Waals surface area contributed by atoms with E-state index in [1.165, 1.54) is 263 Å². The number of amides is 1. The van der Waals surface area contributed by atoms with Gasteiger partial charge in [0, 0.05) is 6.42 Å². The van der Waals surface area contributed by atoms with Crippen molar-refractivity contribution in [3.8, 4) is 0 Å². The van der Waals surface area contributed by atoms with Gasteiger partial charge in [0.25, 0.3) is 7.82 Å². The van der Waals surface area contributed by atoms with E-state index < -0.39 is 26.6 Å². The molecule has 0 aliphatic carbocycles. The lowest BCUT2D eigenvalue weighted by Gasteiger charge is -2.29. The Morgan fingerprint density at radius 1 is 0.400 bits per heavy atom. The van der Waals surface area contributed by atoms with E-state index in [1.807, 2.05) is 27.2 Å². The van der Waals surface area contributed by atoms with Crippen molar-refractivity contribution in [2.45, 2.75) is 373 Å². The highest BCUT2D eigenvalue weighted by Crippen LogP contribution is 2.38. The molecule has 0 aromatic rings. The fourth-order valence-electron chi connectivity index (χ4n) is 11.3. The van der Waals surface area contributed by atoms with Crippen molar-refractivity contribution in [3.05, 3.63) is 97.2 Å². The second-order valence-electron chi connectivity index (χ2n) is 27.3. The molecule has 0 fully saturated rings. The number of aliphatic hydroxyl groups is 1. The zero-order valence-electron chi connectivity index (χ0n) is 60.1. The van der Waals surface area contributed by atoms with Gasteiger partial charge >= 0.3 is 0 Å². The molecule has 0 rings (SSSR count). The molecule has 0 saturated heterocycles. The van der Waals surface area contributed by atoms with Gasteiger partial charge in [0.15, 0.2) is 0 Å². The van der Waals surface area contributed by atoms with Crippen LogP contribution in [0.5, 0.6) is 0 Å². The number of quaternary nitrogens is 1. The van der Waals surface area contributed by atoms with Gasteiger partial charge in [-0.1, -0.05) is 361 Å². The third kappa shape index (κ3) is 72.8. The van der Waals surface area contributed by atoms with Gasteiger partial charge in [0.2, 0.25) is 5.91 Å². The molecule has 0 saturated carbocycles. The molecular formula is C81H149N2O6P. The number of phosphoric acid groups is 1. The van der Waals surface area contributed by atoms with Crippen molar-refractivity contribution in [2.24, 2.45) is 0 Å². The summed E-state index contributed by atoms with van der Waals surface area (Å²) in [6.45, 7) is 4.55. The number of aliphatic hydroxyl groups excluding tert-OH is 1. The second-order valence-corrected chi connectivity index (χ2v) is 28.7. The lowest BCUT2D eigenvalue weighted by Crippen LogP contribution is -2.45. The summed E-state index contributed by atoms with van der Waals surface area (Å²) in [5.41, 5.74) is 0. The molecule has 90 heavy (non-hydrogen) atoms. The first-order valence-electron chi connectivity index (χ1n) is 38.6. The van der Waals surface area contributed by atoms with Gasteiger partial charge in [0.05, 0.1) is 39.9 Å². The van der Waals surface area contributed by atoms with Crippen LogP contribution in [0.4, 0.5) is 0 Å². The van der Waals surface area contributed by atoms with Crippen LogP contribution in [0.25, 0.3) is 0 Å². The Balaban J connectivity index is 3.99. The molecule has 0 spiro atoms. The minimum Gasteiger partial charge on any atom is -0.756 e. The van der Waals surface area contributed by atoms with Crippen molar-refractivity contribution >= 4 is 13.7 Å². The standard InChI is InChI=1S/C81H149N2O6P/c1-6-8-10-12-14-16-18-20-22-24-26-28-30-32-34-35-36-37-38-39-40-41-42-43-44-45-46-47-49-51-53-55-57-59-61-63-65-67-69-71-73-75-81(85)82-79(78-89-90(86,87)88-77-76-83(3,4)5)80(84)74-72-70-68-66-64-62-60-58-56-54-52-50-48-33-31-29-27-25-23-21-19-17-15-13-11-9-7-2/h8,10,14,16,20,22,26,28,32,34,56,58,64,66,72,74,79-80,84H,6-7,9,11-13,15,17-19,21,23-25,27,29-31,33,35-55,57,59-63,65,67-71,73,75-78H2,1-5H3,(H-,82,85,86,87)/b10-8-,16-14-,22-20-,28-26-,34-32-,58-56+,66-64+,74-72+. The molecule has 2 N–H and O–H groups in total. The van der Waals surface area contributed by atoms with Crippen LogP contribution < -0.4 is 10.2 Å². The van der Waals surface area contributed by atoms with Gasteiger partial charge in [-0.25, -0.2) is 0 Å². The van der Waals surface area contributed by atoms with E-state index in [9.17, 15) is 19.4 Å². The van der Waals surface area contributed by atoms with Crippen LogP contribution in [-0.2, 0) is 18.4 Å². The van der Waals surface area contributed by atoms with E-state index in [1.54, 1.807) is 6.08 Å². The summed E-state index contributed by atoms with van der Waals surface area (Å²) in [6.07, 6.45) is 103. The van der Waals surface area contributed by atoms with E-state index in [-0.39, 0.29) is 12.5 Å². The van der Waals surface area contributed by atoms with Crippen molar-refractivity contribution < 1.29 is 32.9 Å². The quantitative estimate of drug-likeness (QED) is 0.0272. The Bertz CT molecular complexity index is 1790. The molecule has 0 heterocycles. The van der Waals surface area contributed by atoms with E-state index in [0.29, 0.717) is 17.4 Å². The molecule has 0 aromatic carbocycles. The Morgan fingerprint density at radius 3 is 1.03 bits per heavy atom. The van der Waals surface area contributed by atoms with Crippen molar-refractivity contribution in [2.75, 3.05) is 40.9 Å². The number of nitrogens with zero attached hydrogens (tertiary/aromatic N) is 1. The van der Waals surface area contributed by atoms with Gasteiger partial charge in [0.1, 0.15) is 13.2 Å². The van der Waals surface area contributed by atoms with Gasteiger partial charge in [-0.05, 0) is 89.9 Å². The minimum absolute atomic E-state index is 0.00982. The third-order valence-corrected chi connectivity index (χ3v) is 18.2. The Kier molecular flexibility index (Phi) is 68.7. The zero-order chi connectivity index (χ0) is 65.5.